The van der Waals surface area contributed by atoms with E-state index in [0.717, 1.165) is 22.6 Å². The van der Waals surface area contributed by atoms with Gasteiger partial charge in [-0.05, 0) is 44.5 Å². The van der Waals surface area contributed by atoms with Crippen molar-refractivity contribution in [2.75, 3.05) is 12.4 Å². The Balaban J connectivity index is 1.90. The number of nitrogens with one attached hydrogen (secondary N) is 2. The standard InChI is InChI=1S/C22H26N4O/c1-16-10-12-19(13-11-16)23-22(3,18-8-6-5-7-9-18)21(27)26(4)15-20-14-17(2)24-25-20/h5-14,23H,15H2,1-4H3,(H,24,25)/t22-/m1/s1. The molecule has 0 fully saturated rings. The van der Waals surface area contributed by atoms with Crippen molar-refractivity contribution in [2.45, 2.75) is 32.9 Å². The molecule has 0 aliphatic rings. The number of carbonyl (C=O) groups is 1. The van der Waals surface area contributed by atoms with Gasteiger partial charge in [0.2, 0.25) is 0 Å². The van der Waals surface area contributed by atoms with Gasteiger partial charge in [0, 0.05) is 18.4 Å². The summed E-state index contributed by atoms with van der Waals surface area (Å²) in [4.78, 5) is 15.2. The third-order valence-electron chi connectivity index (χ3n) is 4.73. The fourth-order valence-corrected chi connectivity index (χ4v) is 3.20. The molecule has 0 bridgehead atoms. The van der Waals surface area contributed by atoms with E-state index >= 15 is 0 Å². The lowest BCUT2D eigenvalue weighted by molar-refractivity contribution is -0.135. The highest BCUT2D eigenvalue weighted by atomic mass is 16.2. The number of benzene rings is 2. The number of aromatic amines is 1. The second-order valence-corrected chi connectivity index (χ2v) is 7.19. The molecule has 0 aliphatic heterocycles. The molecule has 3 aromatic rings. The molecule has 0 saturated heterocycles. The minimum atomic E-state index is -0.892. The molecule has 1 amide bonds. The Morgan fingerprint density at radius 1 is 1.11 bits per heavy atom. The summed E-state index contributed by atoms with van der Waals surface area (Å²) in [6.07, 6.45) is 0. The Morgan fingerprint density at radius 3 is 2.37 bits per heavy atom. The van der Waals surface area contributed by atoms with Gasteiger partial charge < -0.3 is 10.2 Å². The van der Waals surface area contributed by atoms with E-state index in [1.165, 1.54) is 5.56 Å². The summed E-state index contributed by atoms with van der Waals surface area (Å²) in [5, 5.41) is 10.6. The molecule has 5 nitrogen and oxygen atoms in total. The van der Waals surface area contributed by atoms with Crippen LogP contribution in [0.2, 0.25) is 0 Å². The maximum absolute atomic E-state index is 13.5. The summed E-state index contributed by atoms with van der Waals surface area (Å²) >= 11 is 0. The first-order valence-corrected chi connectivity index (χ1v) is 9.05. The SMILES string of the molecule is Cc1ccc(N[C@@](C)(C(=O)N(C)Cc2cc(C)[nH]n2)c2ccccc2)cc1. The average Bonchev–Trinajstić information content (AvgIpc) is 3.08. The lowest BCUT2D eigenvalue weighted by Gasteiger charge is -2.34. The Kier molecular flexibility index (Phi) is 5.31. The van der Waals surface area contributed by atoms with E-state index in [-0.39, 0.29) is 5.91 Å². The van der Waals surface area contributed by atoms with Crippen LogP contribution < -0.4 is 5.32 Å². The molecule has 0 spiro atoms. The Labute approximate surface area is 160 Å². The van der Waals surface area contributed by atoms with Crippen molar-refractivity contribution in [1.29, 1.82) is 0 Å². The van der Waals surface area contributed by atoms with Crippen LogP contribution in [0.1, 0.15) is 29.4 Å². The number of aromatic nitrogens is 2. The minimum absolute atomic E-state index is 0.0186. The van der Waals surface area contributed by atoms with Gasteiger partial charge in [0.1, 0.15) is 5.54 Å². The summed E-state index contributed by atoms with van der Waals surface area (Å²) in [5.41, 5.74) is 3.93. The normalized spacial score (nSPS) is 13.0. The van der Waals surface area contributed by atoms with Crippen molar-refractivity contribution in [3.63, 3.8) is 0 Å². The van der Waals surface area contributed by atoms with Crippen LogP contribution in [0.5, 0.6) is 0 Å². The van der Waals surface area contributed by atoms with E-state index in [9.17, 15) is 4.79 Å². The van der Waals surface area contributed by atoms with Crippen LogP contribution in [0.4, 0.5) is 5.69 Å². The van der Waals surface area contributed by atoms with Crippen LogP contribution in [0.25, 0.3) is 0 Å². The monoisotopic (exact) mass is 362 g/mol. The summed E-state index contributed by atoms with van der Waals surface area (Å²) in [7, 11) is 1.81. The van der Waals surface area contributed by atoms with Gasteiger partial charge in [0.15, 0.2) is 0 Å². The van der Waals surface area contributed by atoms with Gasteiger partial charge >= 0.3 is 0 Å². The van der Waals surface area contributed by atoms with E-state index in [1.54, 1.807) is 4.90 Å². The summed E-state index contributed by atoms with van der Waals surface area (Å²) in [5.74, 6) is -0.0186. The van der Waals surface area contributed by atoms with Gasteiger partial charge in [0.25, 0.3) is 5.91 Å². The molecule has 27 heavy (non-hydrogen) atoms. The maximum atomic E-state index is 13.5. The number of anilines is 1. The number of hydrogen-bond acceptors (Lipinski definition) is 3. The Hall–Kier alpha value is -3.08. The molecular formula is C22H26N4O. The molecule has 0 unspecified atom stereocenters. The molecule has 0 radical (unpaired) electrons. The number of aryl methyl sites for hydroxylation is 2. The molecule has 0 saturated carbocycles. The quantitative estimate of drug-likeness (QED) is 0.696. The first kappa shape index (κ1) is 18.7. The third-order valence-corrected chi connectivity index (χ3v) is 4.73. The van der Waals surface area contributed by atoms with Gasteiger partial charge in [-0.2, -0.15) is 5.10 Å². The van der Waals surface area contributed by atoms with Crippen molar-refractivity contribution < 1.29 is 4.79 Å². The fraction of sp³-hybridized carbons (Fsp3) is 0.273. The molecule has 2 aromatic carbocycles. The van der Waals surface area contributed by atoms with Crippen LogP contribution in [0, 0.1) is 13.8 Å². The number of nitrogens with zero attached hydrogens (tertiary/aromatic N) is 2. The zero-order valence-corrected chi connectivity index (χ0v) is 16.3. The van der Waals surface area contributed by atoms with E-state index in [4.69, 9.17) is 0 Å². The van der Waals surface area contributed by atoms with Crippen molar-refractivity contribution in [3.05, 3.63) is 83.2 Å². The van der Waals surface area contributed by atoms with Gasteiger partial charge in [-0.3, -0.25) is 9.89 Å². The van der Waals surface area contributed by atoms with Crippen LogP contribution in [0.15, 0.2) is 60.7 Å². The lowest BCUT2D eigenvalue weighted by Crippen LogP contribution is -2.48. The molecule has 140 valence electrons. The molecule has 1 aromatic heterocycles. The highest BCUT2D eigenvalue weighted by Crippen LogP contribution is 2.29. The number of likely N-dealkylation sites (N-methyl/N-ethyl adjacent to an activating group) is 1. The number of H-pyrrole nitrogens is 1. The molecule has 5 heteroatoms. The summed E-state index contributed by atoms with van der Waals surface area (Å²) in [6.45, 7) is 6.37. The zero-order valence-electron chi connectivity index (χ0n) is 16.3. The third kappa shape index (κ3) is 4.19. The second-order valence-electron chi connectivity index (χ2n) is 7.19. The lowest BCUT2D eigenvalue weighted by atomic mass is 9.89. The molecular weight excluding hydrogens is 336 g/mol. The molecule has 1 heterocycles. The Morgan fingerprint density at radius 2 is 1.78 bits per heavy atom. The smallest absolute Gasteiger partial charge is 0.252 e. The van der Waals surface area contributed by atoms with Crippen LogP contribution in [-0.2, 0) is 16.9 Å². The topological polar surface area (TPSA) is 61.0 Å². The molecule has 1 atom stereocenters. The number of hydrogen-bond donors (Lipinski definition) is 2. The molecule has 0 aliphatic carbocycles. The van der Waals surface area contributed by atoms with E-state index < -0.39 is 5.54 Å². The summed E-state index contributed by atoms with van der Waals surface area (Å²) in [6, 6.07) is 19.8. The fourth-order valence-electron chi connectivity index (χ4n) is 3.20. The van der Waals surface area contributed by atoms with Crippen molar-refractivity contribution in [1.82, 2.24) is 15.1 Å². The van der Waals surface area contributed by atoms with Crippen molar-refractivity contribution in [3.8, 4) is 0 Å². The predicted molar refractivity (Wildman–Crippen MR) is 108 cm³/mol. The van der Waals surface area contributed by atoms with E-state index in [0.29, 0.717) is 6.54 Å². The second kappa shape index (κ2) is 7.66. The number of amides is 1. The van der Waals surface area contributed by atoms with E-state index in [1.807, 2.05) is 88.5 Å². The van der Waals surface area contributed by atoms with Crippen molar-refractivity contribution >= 4 is 11.6 Å². The van der Waals surface area contributed by atoms with Crippen molar-refractivity contribution in [2.24, 2.45) is 0 Å². The largest absolute Gasteiger partial charge is 0.368 e. The highest BCUT2D eigenvalue weighted by Gasteiger charge is 2.37. The van der Waals surface area contributed by atoms with Gasteiger partial charge in [-0.15, -0.1) is 0 Å². The number of carbonyl (C=O) groups excluding carboxylic acids is 1. The maximum Gasteiger partial charge on any atom is 0.252 e. The van der Waals surface area contributed by atoms with E-state index in [2.05, 4.69) is 15.5 Å². The average molecular weight is 362 g/mol. The van der Waals surface area contributed by atoms with Gasteiger partial charge in [-0.1, -0.05) is 48.0 Å². The molecule has 2 N–H and O–H groups in total. The Bertz CT molecular complexity index is 902. The van der Waals surface area contributed by atoms with Gasteiger partial charge in [0.05, 0.1) is 12.2 Å². The van der Waals surface area contributed by atoms with Crippen LogP contribution in [-0.4, -0.2) is 28.1 Å². The first-order chi connectivity index (χ1) is 12.9. The van der Waals surface area contributed by atoms with Gasteiger partial charge in [-0.25, -0.2) is 0 Å². The molecule has 3 rings (SSSR count). The van der Waals surface area contributed by atoms with Crippen LogP contribution in [0.3, 0.4) is 0 Å². The predicted octanol–water partition coefficient (Wildman–Crippen LogP) is 4.01. The first-order valence-electron chi connectivity index (χ1n) is 9.05. The summed E-state index contributed by atoms with van der Waals surface area (Å²) < 4.78 is 0. The highest BCUT2D eigenvalue weighted by molar-refractivity contribution is 5.90. The van der Waals surface area contributed by atoms with Crippen LogP contribution >= 0.6 is 0 Å². The zero-order chi connectivity index (χ0) is 19.4. The minimum Gasteiger partial charge on any atom is -0.368 e. The number of rotatable bonds is 6.